The summed E-state index contributed by atoms with van der Waals surface area (Å²) >= 11 is 0. The molecule has 0 fully saturated rings. The SMILES string of the molecule is O=C(NCc1cccnn1)c1cncc(C#CCCO)c1. The summed E-state index contributed by atoms with van der Waals surface area (Å²) < 4.78 is 0. The molecule has 0 aliphatic rings. The van der Waals surface area contributed by atoms with Gasteiger partial charge in [0.25, 0.3) is 5.91 Å². The van der Waals surface area contributed by atoms with Gasteiger partial charge in [-0.2, -0.15) is 10.2 Å². The van der Waals surface area contributed by atoms with Crippen LogP contribution in [0.4, 0.5) is 0 Å². The van der Waals surface area contributed by atoms with E-state index >= 15 is 0 Å². The number of aliphatic hydroxyl groups is 1. The highest BCUT2D eigenvalue weighted by Gasteiger charge is 2.06. The summed E-state index contributed by atoms with van der Waals surface area (Å²) in [6.07, 6.45) is 5.01. The molecule has 0 bridgehead atoms. The van der Waals surface area contributed by atoms with Crippen LogP contribution in [-0.2, 0) is 6.54 Å². The van der Waals surface area contributed by atoms with Gasteiger partial charge < -0.3 is 10.4 Å². The van der Waals surface area contributed by atoms with Crippen molar-refractivity contribution in [3.05, 3.63) is 53.6 Å². The number of pyridine rings is 1. The Morgan fingerprint density at radius 2 is 2.29 bits per heavy atom. The van der Waals surface area contributed by atoms with Gasteiger partial charge >= 0.3 is 0 Å². The minimum Gasteiger partial charge on any atom is -0.395 e. The third-order valence-electron chi connectivity index (χ3n) is 2.53. The molecule has 2 N–H and O–H groups in total. The highest BCUT2D eigenvalue weighted by molar-refractivity contribution is 5.94. The van der Waals surface area contributed by atoms with E-state index in [1.165, 1.54) is 6.20 Å². The largest absolute Gasteiger partial charge is 0.395 e. The van der Waals surface area contributed by atoms with Gasteiger partial charge in [0.05, 0.1) is 24.4 Å². The lowest BCUT2D eigenvalue weighted by Gasteiger charge is -2.04. The standard InChI is InChI=1S/C15H14N4O2/c20-7-2-1-4-12-8-13(10-16-9-12)15(21)17-11-14-5-3-6-18-19-14/h3,5-6,8-10,20H,2,7,11H2,(H,17,21). The van der Waals surface area contributed by atoms with E-state index in [2.05, 4.69) is 32.3 Å². The predicted octanol–water partition coefficient (Wildman–Crippen LogP) is 0.536. The molecule has 0 aromatic carbocycles. The second kappa shape index (κ2) is 7.72. The molecule has 2 rings (SSSR count). The Hall–Kier alpha value is -2.78. The monoisotopic (exact) mass is 282 g/mol. The van der Waals surface area contributed by atoms with Gasteiger partial charge in [-0.05, 0) is 18.2 Å². The summed E-state index contributed by atoms with van der Waals surface area (Å²) in [5, 5.41) is 19.0. The highest BCUT2D eigenvalue weighted by atomic mass is 16.2. The maximum Gasteiger partial charge on any atom is 0.253 e. The van der Waals surface area contributed by atoms with Crippen LogP contribution in [0.25, 0.3) is 0 Å². The number of rotatable bonds is 4. The number of nitrogens with one attached hydrogen (secondary N) is 1. The van der Waals surface area contributed by atoms with Gasteiger partial charge in [-0.1, -0.05) is 11.8 Å². The summed E-state index contributed by atoms with van der Waals surface area (Å²) in [4.78, 5) is 16.0. The van der Waals surface area contributed by atoms with Gasteiger partial charge in [0.1, 0.15) is 0 Å². The predicted molar refractivity (Wildman–Crippen MR) is 76.0 cm³/mol. The van der Waals surface area contributed by atoms with Gasteiger partial charge in [-0.25, -0.2) is 0 Å². The van der Waals surface area contributed by atoms with E-state index < -0.39 is 0 Å². The van der Waals surface area contributed by atoms with Crippen LogP contribution in [0, 0.1) is 11.8 Å². The van der Waals surface area contributed by atoms with Crippen LogP contribution in [0.3, 0.4) is 0 Å². The van der Waals surface area contributed by atoms with Gasteiger partial charge in [0.15, 0.2) is 0 Å². The second-order valence-corrected chi connectivity index (χ2v) is 4.14. The molecule has 106 valence electrons. The Morgan fingerprint density at radius 1 is 1.38 bits per heavy atom. The van der Waals surface area contributed by atoms with E-state index in [0.717, 1.165) is 0 Å². The smallest absolute Gasteiger partial charge is 0.253 e. The maximum absolute atomic E-state index is 12.0. The molecular formula is C15H14N4O2. The van der Waals surface area contributed by atoms with E-state index in [1.54, 1.807) is 30.6 Å². The molecule has 0 aliphatic heterocycles. The Labute approximate surface area is 122 Å². The molecule has 0 atom stereocenters. The fraction of sp³-hybridized carbons (Fsp3) is 0.200. The number of carbonyl (C=O) groups excluding carboxylic acids is 1. The topological polar surface area (TPSA) is 88.0 Å². The van der Waals surface area contributed by atoms with Crippen LogP contribution in [0.1, 0.15) is 28.0 Å². The molecule has 0 spiro atoms. The summed E-state index contributed by atoms with van der Waals surface area (Å²) in [7, 11) is 0. The molecule has 2 heterocycles. The Balaban J connectivity index is 1.99. The summed E-state index contributed by atoms with van der Waals surface area (Å²) in [5.74, 6) is 5.37. The van der Waals surface area contributed by atoms with Crippen molar-refractivity contribution >= 4 is 5.91 Å². The molecular weight excluding hydrogens is 268 g/mol. The van der Waals surface area contributed by atoms with Gasteiger partial charge in [-0.15, -0.1) is 0 Å². The lowest BCUT2D eigenvalue weighted by atomic mass is 10.2. The summed E-state index contributed by atoms with van der Waals surface area (Å²) in [5.41, 5.74) is 1.74. The zero-order valence-electron chi connectivity index (χ0n) is 11.3. The van der Waals surface area contributed by atoms with Crippen molar-refractivity contribution in [2.75, 3.05) is 6.61 Å². The van der Waals surface area contributed by atoms with Gasteiger partial charge in [-0.3, -0.25) is 9.78 Å². The van der Waals surface area contributed by atoms with Crippen LogP contribution in [-0.4, -0.2) is 32.8 Å². The molecule has 0 aliphatic carbocycles. The van der Waals surface area contributed by atoms with Crippen LogP contribution in [0.5, 0.6) is 0 Å². The number of amides is 1. The average Bonchev–Trinajstić information content (AvgIpc) is 2.54. The zero-order chi connectivity index (χ0) is 14.9. The molecule has 21 heavy (non-hydrogen) atoms. The molecule has 0 saturated carbocycles. The number of nitrogens with zero attached hydrogens (tertiary/aromatic N) is 3. The first-order valence-electron chi connectivity index (χ1n) is 6.39. The van der Waals surface area contributed by atoms with Crippen molar-refractivity contribution in [3.8, 4) is 11.8 Å². The average molecular weight is 282 g/mol. The third-order valence-corrected chi connectivity index (χ3v) is 2.53. The molecule has 0 unspecified atom stereocenters. The first-order valence-corrected chi connectivity index (χ1v) is 6.39. The second-order valence-electron chi connectivity index (χ2n) is 4.14. The van der Waals surface area contributed by atoms with E-state index in [-0.39, 0.29) is 12.5 Å². The fourth-order valence-corrected chi connectivity index (χ4v) is 1.55. The van der Waals surface area contributed by atoms with E-state index in [0.29, 0.717) is 29.8 Å². The number of aliphatic hydroxyl groups excluding tert-OH is 1. The van der Waals surface area contributed by atoms with Crippen molar-refractivity contribution in [1.82, 2.24) is 20.5 Å². The fourth-order valence-electron chi connectivity index (χ4n) is 1.55. The molecule has 6 nitrogen and oxygen atoms in total. The first kappa shape index (κ1) is 14.6. The van der Waals surface area contributed by atoms with Gasteiger partial charge in [0.2, 0.25) is 0 Å². The third kappa shape index (κ3) is 4.67. The lowest BCUT2D eigenvalue weighted by Crippen LogP contribution is -2.23. The quantitative estimate of drug-likeness (QED) is 0.799. The van der Waals surface area contributed by atoms with Crippen molar-refractivity contribution in [2.24, 2.45) is 0 Å². The molecule has 2 aromatic rings. The van der Waals surface area contributed by atoms with Crippen LogP contribution < -0.4 is 5.32 Å². The van der Waals surface area contributed by atoms with E-state index in [4.69, 9.17) is 5.11 Å². The van der Waals surface area contributed by atoms with E-state index in [1.807, 2.05) is 0 Å². The minimum absolute atomic E-state index is 0.0126. The summed E-state index contributed by atoms with van der Waals surface area (Å²) in [6, 6.07) is 5.19. The minimum atomic E-state index is -0.251. The number of hydrogen-bond acceptors (Lipinski definition) is 5. The first-order chi connectivity index (χ1) is 10.3. The number of aromatic nitrogens is 3. The normalized spacial score (nSPS) is 9.57. The van der Waals surface area contributed by atoms with Gasteiger partial charge in [0, 0.05) is 30.6 Å². The molecule has 0 saturated heterocycles. The Bertz CT molecular complexity index is 662. The highest BCUT2D eigenvalue weighted by Crippen LogP contribution is 2.02. The maximum atomic E-state index is 12.0. The number of hydrogen-bond donors (Lipinski definition) is 2. The van der Waals surface area contributed by atoms with Crippen molar-refractivity contribution in [2.45, 2.75) is 13.0 Å². The lowest BCUT2D eigenvalue weighted by molar-refractivity contribution is 0.0950. The molecule has 1 amide bonds. The molecule has 0 radical (unpaired) electrons. The zero-order valence-corrected chi connectivity index (χ0v) is 11.3. The van der Waals surface area contributed by atoms with Crippen LogP contribution >= 0.6 is 0 Å². The molecule has 2 aromatic heterocycles. The summed E-state index contributed by atoms with van der Waals surface area (Å²) in [6.45, 7) is 0.311. The van der Waals surface area contributed by atoms with Crippen LogP contribution in [0.15, 0.2) is 36.8 Å². The van der Waals surface area contributed by atoms with Crippen molar-refractivity contribution in [3.63, 3.8) is 0 Å². The van der Waals surface area contributed by atoms with E-state index in [9.17, 15) is 4.79 Å². The Kier molecular flexibility index (Phi) is 5.38. The van der Waals surface area contributed by atoms with Crippen molar-refractivity contribution in [1.29, 1.82) is 0 Å². The molecule has 6 heteroatoms. The Morgan fingerprint density at radius 3 is 3.05 bits per heavy atom. The van der Waals surface area contributed by atoms with Crippen molar-refractivity contribution < 1.29 is 9.90 Å². The number of carbonyl (C=O) groups is 1. The van der Waals surface area contributed by atoms with Crippen LogP contribution in [0.2, 0.25) is 0 Å².